The van der Waals surface area contributed by atoms with E-state index in [-0.39, 0.29) is 55.7 Å². The molecule has 2 aliphatic heterocycles. The number of ether oxygens (including phenoxy) is 1. The highest BCUT2D eigenvalue weighted by molar-refractivity contribution is 5.85. The first kappa shape index (κ1) is 31.4. The molecule has 244 valence electrons. The van der Waals surface area contributed by atoms with Crippen molar-refractivity contribution in [2.75, 3.05) is 44.2 Å². The quantitative estimate of drug-likeness (QED) is 0.354. The highest BCUT2D eigenvalue weighted by Gasteiger charge is 2.39. The lowest BCUT2D eigenvalue weighted by Gasteiger charge is -2.38. The molecule has 1 aromatic heterocycles. The molecule has 12 heteroatoms. The van der Waals surface area contributed by atoms with Crippen LogP contribution in [-0.2, 0) is 16.1 Å². The second-order valence-electron chi connectivity index (χ2n) is 13.0. The number of hydrogen-bond acceptors (Lipinski definition) is 6. The molecule has 11 nitrogen and oxygen atoms in total. The number of carboxylic acid groups (broad SMARTS) is 1. The van der Waals surface area contributed by atoms with Gasteiger partial charge in [-0.15, -0.1) is 0 Å². The van der Waals surface area contributed by atoms with Crippen molar-refractivity contribution in [3.63, 3.8) is 0 Å². The van der Waals surface area contributed by atoms with Crippen molar-refractivity contribution in [1.82, 2.24) is 24.9 Å². The lowest BCUT2D eigenvalue weighted by atomic mass is 9.95. The Hall–Kier alpha value is -4.61. The largest absolute Gasteiger partial charge is 0.475 e. The van der Waals surface area contributed by atoms with E-state index in [9.17, 15) is 19.5 Å². The van der Waals surface area contributed by atoms with Gasteiger partial charge in [0.15, 0.2) is 17.2 Å². The Morgan fingerprint density at radius 2 is 1.72 bits per heavy atom. The Labute approximate surface area is 267 Å². The third-order valence-corrected chi connectivity index (χ3v) is 9.18. The minimum absolute atomic E-state index is 0.0352. The molecule has 0 spiro atoms. The van der Waals surface area contributed by atoms with E-state index < -0.39 is 17.5 Å². The zero-order chi connectivity index (χ0) is 32.4. The predicted octanol–water partition coefficient (Wildman–Crippen LogP) is 4.60. The number of benzene rings is 2. The molecule has 2 N–H and O–H groups in total. The highest BCUT2D eigenvalue weighted by Crippen LogP contribution is 2.34. The number of amides is 3. The molecule has 3 aromatic rings. The van der Waals surface area contributed by atoms with E-state index in [0.29, 0.717) is 13.1 Å². The van der Waals surface area contributed by atoms with Crippen LogP contribution in [0, 0.1) is 11.7 Å². The molecule has 3 aliphatic rings. The van der Waals surface area contributed by atoms with Gasteiger partial charge in [0, 0.05) is 75.4 Å². The Morgan fingerprint density at radius 3 is 2.37 bits per heavy atom. The molecule has 1 atom stereocenters. The SMILES string of the molecule is CC(C)(Oc1cc(N2CCC[C@@H](C(=O)N(Cc3ccc(-c4cn[nH]c4)cc3)C3CC3)C2)ccc1F)C(=O)N1CCN(C(=O)O)CC1. The standard InChI is InChI=1S/C34H41FN6O5/c1-34(2,32(43)38-14-16-39(17-15-38)33(44)45)46-30-18-28(11-12-29(30)35)40-13-3-4-25(22-40)31(42)41(27-9-10-27)21-23-5-7-24(8-6-23)26-19-36-37-20-26/h5-8,11-12,18-20,25,27H,3-4,9-10,13-17,21-22H2,1-2H3,(H,36,37)(H,44,45)/t25-/m1/s1. The van der Waals surface area contributed by atoms with Gasteiger partial charge in [-0.3, -0.25) is 14.7 Å². The number of nitrogens with one attached hydrogen (secondary N) is 1. The molecule has 2 aromatic carbocycles. The van der Waals surface area contributed by atoms with Crippen LogP contribution in [0.3, 0.4) is 0 Å². The van der Waals surface area contributed by atoms with E-state index in [4.69, 9.17) is 4.74 Å². The fourth-order valence-corrected chi connectivity index (χ4v) is 6.40. The minimum Gasteiger partial charge on any atom is -0.475 e. The first-order chi connectivity index (χ1) is 22.1. The van der Waals surface area contributed by atoms with Gasteiger partial charge in [0.05, 0.1) is 12.1 Å². The molecule has 3 amide bonds. The van der Waals surface area contributed by atoms with Crippen molar-refractivity contribution in [2.45, 2.75) is 57.7 Å². The maximum absolute atomic E-state index is 15.0. The number of aromatic nitrogens is 2. The number of rotatable bonds is 9. The van der Waals surface area contributed by atoms with Crippen LogP contribution in [0.1, 0.15) is 45.1 Å². The monoisotopic (exact) mass is 632 g/mol. The lowest BCUT2D eigenvalue weighted by molar-refractivity contribution is -0.147. The second kappa shape index (κ2) is 13.0. The summed E-state index contributed by atoms with van der Waals surface area (Å²) in [5.74, 6) is -0.978. The van der Waals surface area contributed by atoms with Crippen molar-refractivity contribution in [3.05, 3.63) is 66.2 Å². The van der Waals surface area contributed by atoms with Crippen LogP contribution in [0.5, 0.6) is 5.75 Å². The van der Waals surface area contributed by atoms with E-state index >= 15 is 4.39 Å². The van der Waals surface area contributed by atoms with Gasteiger partial charge >= 0.3 is 6.09 Å². The van der Waals surface area contributed by atoms with Gasteiger partial charge in [0.25, 0.3) is 5.91 Å². The predicted molar refractivity (Wildman–Crippen MR) is 170 cm³/mol. The van der Waals surface area contributed by atoms with E-state index in [2.05, 4.69) is 39.4 Å². The van der Waals surface area contributed by atoms with E-state index in [1.54, 1.807) is 37.1 Å². The number of carbonyl (C=O) groups excluding carboxylic acids is 2. The summed E-state index contributed by atoms with van der Waals surface area (Å²) in [6.07, 6.45) is 6.27. The lowest BCUT2D eigenvalue weighted by Crippen LogP contribution is -2.56. The van der Waals surface area contributed by atoms with Crippen LogP contribution >= 0.6 is 0 Å². The maximum atomic E-state index is 15.0. The molecule has 0 unspecified atom stereocenters. The van der Waals surface area contributed by atoms with Crippen LogP contribution in [0.2, 0.25) is 0 Å². The van der Waals surface area contributed by atoms with Crippen LogP contribution in [0.25, 0.3) is 11.1 Å². The van der Waals surface area contributed by atoms with E-state index in [1.165, 1.54) is 11.0 Å². The van der Waals surface area contributed by atoms with Gasteiger partial charge in [-0.2, -0.15) is 5.10 Å². The fraction of sp³-hybridized carbons (Fsp3) is 0.471. The van der Waals surface area contributed by atoms with Crippen LogP contribution < -0.4 is 9.64 Å². The number of H-pyrrole nitrogens is 1. The normalized spacial score (nSPS) is 18.8. The fourth-order valence-electron chi connectivity index (χ4n) is 6.40. The zero-order valence-electron chi connectivity index (χ0n) is 26.3. The van der Waals surface area contributed by atoms with Gasteiger partial charge in [-0.25, -0.2) is 9.18 Å². The molecule has 6 rings (SSSR count). The second-order valence-corrected chi connectivity index (χ2v) is 13.0. The van der Waals surface area contributed by atoms with Crippen molar-refractivity contribution >= 4 is 23.6 Å². The van der Waals surface area contributed by atoms with Crippen molar-refractivity contribution in [3.8, 4) is 16.9 Å². The highest BCUT2D eigenvalue weighted by atomic mass is 19.1. The van der Waals surface area contributed by atoms with Gasteiger partial charge in [-0.05, 0) is 62.8 Å². The Kier molecular flexibility index (Phi) is 8.88. The molecule has 1 aliphatic carbocycles. The van der Waals surface area contributed by atoms with Gasteiger partial charge < -0.3 is 29.4 Å². The van der Waals surface area contributed by atoms with Crippen LogP contribution in [0.4, 0.5) is 14.9 Å². The average molecular weight is 633 g/mol. The number of hydrogen-bond donors (Lipinski definition) is 2. The Morgan fingerprint density at radius 1 is 1.00 bits per heavy atom. The number of carbonyl (C=O) groups is 3. The summed E-state index contributed by atoms with van der Waals surface area (Å²) in [5, 5.41) is 16.1. The van der Waals surface area contributed by atoms with E-state index in [1.807, 2.05) is 11.1 Å². The smallest absolute Gasteiger partial charge is 0.407 e. The molecule has 0 bridgehead atoms. The summed E-state index contributed by atoms with van der Waals surface area (Å²) in [7, 11) is 0. The third kappa shape index (κ3) is 6.95. The molecule has 2 saturated heterocycles. The molecule has 1 saturated carbocycles. The number of nitrogens with zero attached hydrogens (tertiary/aromatic N) is 5. The first-order valence-corrected chi connectivity index (χ1v) is 16.0. The number of piperidine rings is 1. The number of aromatic amines is 1. The number of piperazine rings is 1. The van der Waals surface area contributed by atoms with Crippen molar-refractivity contribution in [2.24, 2.45) is 5.92 Å². The Balaban J connectivity index is 1.10. The maximum Gasteiger partial charge on any atom is 0.407 e. The molecule has 46 heavy (non-hydrogen) atoms. The van der Waals surface area contributed by atoms with Gasteiger partial charge in [-0.1, -0.05) is 24.3 Å². The van der Waals surface area contributed by atoms with Gasteiger partial charge in [0.1, 0.15) is 0 Å². The summed E-state index contributed by atoms with van der Waals surface area (Å²) >= 11 is 0. The molecular formula is C34H41FN6O5. The summed E-state index contributed by atoms with van der Waals surface area (Å²) < 4.78 is 21.0. The third-order valence-electron chi connectivity index (χ3n) is 9.18. The first-order valence-electron chi connectivity index (χ1n) is 16.0. The average Bonchev–Trinajstić information content (AvgIpc) is 3.76. The van der Waals surface area contributed by atoms with Crippen molar-refractivity contribution < 1.29 is 28.6 Å². The molecule has 3 fully saturated rings. The number of anilines is 1. The van der Waals surface area contributed by atoms with Crippen molar-refractivity contribution in [1.29, 1.82) is 0 Å². The summed E-state index contributed by atoms with van der Waals surface area (Å²) in [6, 6.07) is 13.2. The zero-order valence-corrected chi connectivity index (χ0v) is 26.3. The molecule has 0 radical (unpaired) electrons. The number of halogens is 1. The molecule has 3 heterocycles. The van der Waals surface area contributed by atoms with Crippen LogP contribution in [-0.4, -0.2) is 98.8 Å². The van der Waals surface area contributed by atoms with Gasteiger partial charge in [0.2, 0.25) is 5.91 Å². The Bertz CT molecular complexity index is 1550. The summed E-state index contributed by atoms with van der Waals surface area (Å²) in [5.41, 5.74) is 2.54. The van der Waals surface area contributed by atoms with Crippen LogP contribution in [0.15, 0.2) is 54.9 Å². The topological polar surface area (TPSA) is 122 Å². The van der Waals surface area contributed by atoms with E-state index in [0.717, 1.165) is 54.6 Å². The summed E-state index contributed by atoms with van der Waals surface area (Å²) in [4.78, 5) is 45.4. The molecular weight excluding hydrogens is 591 g/mol. The summed E-state index contributed by atoms with van der Waals surface area (Å²) in [6.45, 7) is 5.92. The minimum atomic E-state index is -1.37.